The second kappa shape index (κ2) is 4.43. The van der Waals surface area contributed by atoms with Crippen LogP contribution in [0.3, 0.4) is 0 Å². The van der Waals surface area contributed by atoms with Crippen molar-refractivity contribution in [2.24, 2.45) is 11.3 Å². The minimum absolute atomic E-state index is 0.151. The van der Waals surface area contributed by atoms with Gasteiger partial charge in [-0.15, -0.1) is 0 Å². The third kappa shape index (κ3) is 4.10. The third-order valence-corrected chi connectivity index (χ3v) is 2.70. The lowest BCUT2D eigenvalue weighted by Crippen LogP contribution is -2.22. The van der Waals surface area contributed by atoms with Crippen LogP contribution in [0.1, 0.15) is 40.0 Å². The van der Waals surface area contributed by atoms with Crippen molar-refractivity contribution in [1.82, 2.24) is 0 Å². The van der Waals surface area contributed by atoms with Crippen LogP contribution in [-0.4, -0.2) is 24.4 Å². The predicted molar refractivity (Wildman–Crippen MR) is 53.6 cm³/mol. The quantitative estimate of drug-likeness (QED) is 0.732. The van der Waals surface area contributed by atoms with Crippen LogP contribution in [0.2, 0.25) is 0 Å². The van der Waals surface area contributed by atoms with Crippen LogP contribution in [0.4, 0.5) is 0 Å². The Morgan fingerprint density at radius 3 is 2.62 bits per heavy atom. The summed E-state index contributed by atoms with van der Waals surface area (Å²) < 4.78 is 5.25. The molecular weight excluding hydrogens is 164 g/mol. The van der Waals surface area contributed by atoms with Gasteiger partial charge in [0, 0.05) is 12.5 Å². The van der Waals surface area contributed by atoms with Gasteiger partial charge in [0.05, 0.1) is 12.7 Å². The summed E-state index contributed by atoms with van der Waals surface area (Å²) in [5.74, 6) is 0.391. The maximum Gasteiger partial charge on any atom is 0.0591 e. The fourth-order valence-corrected chi connectivity index (χ4v) is 1.67. The number of ether oxygens (including phenoxy) is 1. The predicted octanol–water partition coefficient (Wildman–Crippen LogP) is 2.21. The Hall–Kier alpha value is -0.0800. The summed E-state index contributed by atoms with van der Waals surface area (Å²) in [6, 6.07) is 0. The molecule has 0 amide bonds. The van der Waals surface area contributed by atoms with Crippen LogP contribution < -0.4 is 0 Å². The summed E-state index contributed by atoms with van der Waals surface area (Å²) in [6.45, 7) is 8.23. The molecule has 2 atom stereocenters. The van der Waals surface area contributed by atoms with E-state index < -0.39 is 0 Å². The highest BCUT2D eigenvalue weighted by atomic mass is 16.5. The zero-order chi connectivity index (χ0) is 9.90. The van der Waals surface area contributed by atoms with E-state index in [1.165, 1.54) is 0 Å². The van der Waals surface area contributed by atoms with E-state index in [2.05, 4.69) is 20.8 Å². The molecule has 0 aromatic heterocycles. The van der Waals surface area contributed by atoms with E-state index >= 15 is 0 Å². The minimum atomic E-state index is -0.151. The summed E-state index contributed by atoms with van der Waals surface area (Å²) in [5.41, 5.74) is 0.334. The smallest absolute Gasteiger partial charge is 0.0591 e. The molecule has 0 radical (unpaired) electrons. The van der Waals surface area contributed by atoms with E-state index in [9.17, 15) is 5.11 Å². The van der Waals surface area contributed by atoms with Crippen LogP contribution in [0.5, 0.6) is 0 Å². The van der Waals surface area contributed by atoms with Gasteiger partial charge in [0.15, 0.2) is 0 Å². The molecule has 78 valence electrons. The number of hydrogen-bond donors (Lipinski definition) is 1. The Morgan fingerprint density at radius 2 is 2.15 bits per heavy atom. The molecule has 0 bridgehead atoms. The molecule has 2 heteroatoms. The molecule has 1 heterocycles. The van der Waals surface area contributed by atoms with E-state index in [0.717, 1.165) is 32.5 Å². The lowest BCUT2D eigenvalue weighted by molar-refractivity contribution is 0.0748. The minimum Gasteiger partial charge on any atom is -0.393 e. The van der Waals surface area contributed by atoms with Crippen molar-refractivity contribution in [1.29, 1.82) is 0 Å². The highest BCUT2D eigenvalue weighted by molar-refractivity contribution is 4.74. The average Bonchev–Trinajstić information content (AvgIpc) is 2.50. The molecule has 0 aliphatic carbocycles. The molecule has 1 saturated heterocycles. The molecule has 1 fully saturated rings. The topological polar surface area (TPSA) is 29.5 Å². The van der Waals surface area contributed by atoms with E-state index in [1.807, 2.05) is 0 Å². The van der Waals surface area contributed by atoms with Crippen LogP contribution in [0.15, 0.2) is 0 Å². The first-order valence-electron chi connectivity index (χ1n) is 5.25. The fraction of sp³-hybridized carbons (Fsp3) is 1.00. The van der Waals surface area contributed by atoms with Crippen LogP contribution in [0, 0.1) is 11.3 Å². The van der Waals surface area contributed by atoms with Crippen molar-refractivity contribution < 1.29 is 9.84 Å². The van der Waals surface area contributed by atoms with Gasteiger partial charge in [0.1, 0.15) is 0 Å². The van der Waals surface area contributed by atoms with Gasteiger partial charge in [-0.2, -0.15) is 0 Å². The normalized spacial score (nSPS) is 26.3. The maximum absolute atomic E-state index is 9.83. The largest absolute Gasteiger partial charge is 0.393 e. The lowest BCUT2D eigenvalue weighted by atomic mass is 9.86. The van der Waals surface area contributed by atoms with Crippen LogP contribution in [-0.2, 0) is 4.74 Å². The molecule has 1 N–H and O–H groups in total. The van der Waals surface area contributed by atoms with Gasteiger partial charge in [0.2, 0.25) is 0 Å². The van der Waals surface area contributed by atoms with Crippen molar-refractivity contribution in [3.63, 3.8) is 0 Å². The average molecular weight is 186 g/mol. The SMILES string of the molecule is CC(C)(C)CCC(O)C1CCOC1. The molecule has 13 heavy (non-hydrogen) atoms. The van der Waals surface area contributed by atoms with Crippen molar-refractivity contribution in [2.75, 3.05) is 13.2 Å². The van der Waals surface area contributed by atoms with Gasteiger partial charge in [-0.3, -0.25) is 0 Å². The summed E-state index contributed by atoms with van der Waals surface area (Å²) in [7, 11) is 0. The van der Waals surface area contributed by atoms with E-state index in [0.29, 0.717) is 11.3 Å². The van der Waals surface area contributed by atoms with Crippen molar-refractivity contribution >= 4 is 0 Å². The summed E-state index contributed by atoms with van der Waals surface area (Å²) in [5, 5.41) is 9.83. The van der Waals surface area contributed by atoms with Gasteiger partial charge >= 0.3 is 0 Å². The van der Waals surface area contributed by atoms with Crippen LogP contribution in [0.25, 0.3) is 0 Å². The van der Waals surface area contributed by atoms with Gasteiger partial charge < -0.3 is 9.84 Å². The molecule has 0 aromatic rings. The Labute approximate surface area is 81.3 Å². The van der Waals surface area contributed by atoms with Gasteiger partial charge in [-0.05, 0) is 24.7 Å². The zero-order valence-corrected chi connectivity index (χ0v) is 9.05. The first kappa shape index (κ1) is 11.0. The summed E-state index contributed by atoms with van der Waals surface area (Å²) in [6.07, 6.45) is 2.88. The van der Waals surface area contributed by atoms with E-state index in [1.54, 1.807) is 0 Å². The number of hydrogen-bond acceptors (Lipinski definition) is 2. The monoisotopic (exact) mass is 186 g/mol. The Kier molecular flexibility index (Phi) is 3.74. The standard InChI is InChI=1S/C11H22O2/c1-11(2,3)6-4-10(12)9-5-7-13-8-9/h9-10,12H,4-8H2,1-3H3. The molecule has 1 aliphatic heterocycles. The molecule has 1 aliphatic rings. The lowest BCUT2D eigenvalue weighted by Gasteiger charge is -2.22. The Bertz CT molecular complexity index is 143. The molecular formula is C11H22O2. The first-order chi connectivity index (χ1) is 5.99. The van der Waals surface area contributed by atoms with E-state index in [-0.39, 0.29) is 6.10 Å². The molecule has 0 saturated carbocycles. The Morgan fingerprint density at radius 1 is 1.46 bits per heavy atom. The third-order valence-electron chi connectivity index (χ3n) is 2.70. The van der Waals surface area contributed by atoms with Gasteiger partial charge in [-0.1, -0.05) is 20.8 Å². The number of aliphatic hydroxyl groups excluding tert-OH is 1. The Balaban J connectivity index is 2.20. The first-order valence-corrected chi connectivity index (χ1v) is 5.25. The van der Waals surface area contributed by atoms with Crippen molar-refractivity contribution in [2.45, 2.75) is 46.1 Å². The zero-order valence-electron chi connectivity index (χ0n) is 9.05. The second-order valence-electron chi connectivity index (χ2n) is 5.29. The highest BCUT2D eigenvalue weighted by Gasteiger charge is 2.24. The molecule has 2 nitrogen and oxygen atoms in total. The number of aliphatic hydroxyl groups is 1. The highest BCUT2D eigenvalue weighted by Crippen LogP contribution is 2.26. The summed E-state index contributed by atoms with van der Waals surface area (Å²) in [4.78, 5) is 0. The molecule has 0 spiro atoms. The van der Waals surface area contributed by atoms with Gasteiger partial charge in [0.25, 0.3) is 0 Å². The number of rotatable bonds is 3. The van der Waals surface area contributed by atoms with Gasteiger partial charge in [-0.25, -0.2) is 0 Å². The van der Waals surface area contributed by atoms with E-state index in [4.69, 9.17) is 4.74 Å². The molecule has 2 unspecified atom stereocenters. The fourth-order valence-electron chi connectivity index (χ4n) is 1.67. The van der Waals surface area contributed by atoms with Crippen molar-refractivity contribution in [3.8, 4) is 0 Å². The van der Waals surface area contributed by atoms with Crippen molar-refractivity contribution in [3.05, 3.63) is 0 Å². The van der Waals surface area contributed by atoms with Crippen LogP contribution >= 0.6 is 0 Å². The maximum atomic E-state index is 9.83. The second-order valence-corrected chi connectivity index (χ2v) is 5.29. The molecule has 0 aromatic carbocycles. The molecule has 1 rings (SSSR count). The summed E-state index contributed by atoms with van der Waals surface area (Å²) >= 11 is 0.